The third kappa shape index (κ3) is 4.19. The minimum Gasteiger partial charge on any atom is -0.496 e. The molecule has 1 aliphatic rings. The van der Waals surface area contributed by atoms with Crippen molar-refractivity contribution in [3.63, 3.8) is 0 Å². The fraction of sp³-hybridized carbons (Fsp3) is 0.286. The molecule has 0 saturated carbocycles. The summed E-state index contributed by atoms with van der Waals surface area (Å²) in [4.78, 5) is 33.7. The summed E-state index contributed by atoms with van der Waals surface area (Å²) >= 11 is 12.2. The van der Waals surface area contributed by atoms with Gasteiger partial charge < -0.3 is 24.3 Å². The average Bonchev–Trinajstić information content (AvgIpc) is 3.21. The summed E-state index contributed by atoms with van der Waals surface area (Å²) < 4.78 is 11.3. The molecule has 1 N–H and O–H groups in total. The maximum Gasteiger partial charge on any atom is 0.289 e. The van der Waals surface area contributed by atoms with Crippen LogP contribution in [0.25, 0.3) is 11.0 Å². The molecule has 31 heavy (non-hydrogen) atoms. The van der Waals surface area contributed by atoms with E-state index in [-0.39, 0.29) is 38.5 Å². The number of hydrogen-bond acceptors (Lipinski definition) is 6. The number of furan rings is 1. The molecule has 0 spiro atoms. The zero-order chi connectivity index (χ0) is 22.1. The summed E-state index contributed by atoms with van der Waals surface area (Å²) in [5, 5.41) is 3.62. The van der Waals surface area contributed by atoms with Crippen LogP contribution in [-0.4, -0.2) is 66.9 Å². The Kier molecular flexibility index (Phi) is 6.04. The first-order chi connectivity index (χ1) is 14.9. The number of piperazine rings is 1. The lowest BCUT2D eigenvalue weighted by Crippen LogP contribution is -2.47. The van der Waals surface area contributed by atoms with Crippen molar-refractivity contribution in [3.05, 3.63) is 52.0 Å². The molecule has 1 aromatic carbocycles. The first kappa shape index (κ1) is 21.4. The number of methoxy groups -OCH3 is 1. The second kappa shape index (κ2) is 8.74. The molecule has 8 nitrogen and oxygen atoms in total. The molecule has 0 aliphatic carbocycles. The summed E-state index contributed by atoms with van der Waals surface area (Å²) in [5.41, 5.74) is 0.709. The zero-order valence-corrected chi connectivity index (χ0v) is 18.5. The Labute approximate surface area is 188 Å². The largest absolute Gasteiger partial charge is 0.496 e. The summed E-state index contributed by atoms with van der Waals surface area (Å²) in [5.74, 6) is -0.0701. The van der Waals surface area contributed by atoms with Crippen LogP contribution in [0.1, 0.15) is 20.9 Å². The van der Waals surface area contributed by atoms with Crippen LogP contribution in [-0.2, 0) is 0 Å². The molecule has 1 saturated heterocycles. The first-order valence-corrected chi connectivity index (χ1v) is 10.3. The van der Waals surface area contributed by atoms with E-state index >= 15 is 0 Å². The molecule has 4 rings (SSSR count). The van der Waals surface area contributed by atoms with E-state index in [1.807, 2.05) is 7.05 Å². The molecule has 1 fully saturated rings. The summed E-state index contributed by atoms with van der Waals surface area (Å²) in [7, 11) is 3.53. The van der Waals surface area contributed by atoms with Gasteiger partial charge in [0.15, 0.2) is 11.3 Å². The molecule has 1 aliphatic heterocycles. The van der Waals surface area contributed by atoms with Crippen molar-refractivity contribution >= 4 is 51.7 Å². The molecule has 3 heterocycles. The number of fused-ring (bicyclic) bond motifs is 1. The lowest BCUT2D eigenvalue weighted by Gasteiger charge is -2.31. The van der Waals surface area contributed by atoms with Crippen molar-refractivity contribution in [1.29, 1.82) is 0 Å². The van der Waals surface area contributed by atoms with Crippen molar-refractivity contribution < 1.29 is 18.7 Å². The van der Waals surface area contributed by atoms with Gasteiger partial charge in [-0.2, -0.15) is 0 Å². The number of likely N-dealkylation sites (N-methyl/N-ethyl adjacent to an activating group) is 1. The number of nitrogens with one attached hydrogen (secondary N) is 1. The molecule has 162 valence electrons. The standard InChI is InChI=1S/C21H20Cl2N4O4/c1-26-5-7-27(8-6-26)21(29)17-9-13-16(30-2)4-3-12(19(13)31-17)20(28)25-18-14(22)10-24-11-15(18)23/h3-4,9-11H,5-8H2,1-2H3,(H,24,25,28). The minimum atomic E-state index is -0.490. The van der Waals surface area contributed by atoms with Gasteiger partial charge in [0.2, 0.25) is 0 Å². The topological polar surface area (TPSA) is 87.9 Å². The molecule has 3 aromatic rings. The minimum absolute atomic E-state index is 0.151. The van der Waals surface area contributed by atoms with Crippen LogP contribution in [0.15, 0.2) is 35.0 Å². The first-order valence-electron chi connectivity index (χ1n) is 9.57. The van der Waals surface area contributed by atoms with Gasteiger partial charge >= 0.3 is 0 Å². The van der Waals surface area contributed by atoms with Crippen molar-refractivity contribution in [2.45, 2.75) is 0 Å². The highest BCUT2D eigenvalue weighted by Crippen LogP contribution is 2.34. The lowest BCUT2D eigenvalue weighted by atomic mass is 10.1. The Balaban J connectivity index is 1.70. The molecule has 10 heteroatoms. The van der Waals surface area contributed by atoms with Crippen LogP contribution < -0.4 is 10.1 Å². The van der Waals surface area contributed by atoms with Crippen LogP contribution in [0.5, 0.6) is 5.75 Å². The van der Waals surface area contributed by atoms with E-state index in [1.54, 1.807) is 23.1 Å². The zero-order valence-electron chi connectivity index (χ0n) is 16.9. The lowest BCUT2D eigenvalue weighted by molar-refractivity contribution is 0.0634. The van der Waals surface area contributed by atoms with Crippen LogP contribution in [0.4, 0.5) is 5.69 Å². The number of benzene rings is 1. The van der Waals surface area contributed by atoms with E-state index in [9.17, 15) is 9.59 Å². The van der Waals surface area contributed by atoms with Gasteiger partial charge in [-0.25, -0.2) is 0 Å². The molecule has 0 bridgehead atoms. The highest BCUT2D eigenvalue weighted by molar-refractivity contribution is 6.39. The highest BCUT2D eigenvalue weighted by atomic mass is 35.5. The SMILES string of the molecule is COc1ccc(C(=O)Nc2c(Cl)cncc2Cl)c2oc(C(=O)N3CCN(C)CC3)cc12. The number of pyridine rings is 1. The highest BCUT2D eigenvalue weighted by Gasteiger charge is 2.26. The number of halogens is 2. The van der Waals surface area contributed by atoms with Crippen LogP contribution in [0.2, 0.25) is 10.0 Å². The fourth-order valence-electron chi connectivity index (χ4n) is 3.44. The van der Waals surface area contributed by atoms with Crippen molar-refractivity contribution in [2.24, 2.45) is 0 Å². The number of hydrogen-bond donors (Lipinski definition) is 1. The molecular formula is C21H20Cl2N4O4. The number of aromatic nitrogens is 1. The Morgan fingerprint density at radius 1 is 1.13 bits per heavy atom. The third-order valence-electron chi connectivity index (χ3n) is 5.20. The molecule has 0 atom stereocenters. The fourth-order valence-corrected chi connectivity index (χ4v) is 3.90. The van der Waals surface area contributed by atoms with Crippen molar-refractivity contribution in [2.75, 3.05) is 45.7 Å². The van der Waals surface area contributed by atoms with Gasteiger partial charge in [-0.15, -0.1) is 0 Å². The Bertz CT molecular complexity index is 1140. The van der Waals surface area contributed by atoms with Gasteiger partial charge in [-0.3, -0.25) is 14.6 Å². The summed E-state index contributed by atoms with van der Waals surface area (Å²) in [6, 6.07) is 4.82. The van der Waals surface area contributed by atoms with Gasteiger partial charge in [0, 0.05) is 44.6 Å². The second-order valence-electron chi connectivity index (χ2n) is 7.20. The number of ether oxygens (including phenoxy) is 1. The molecule has 2 amide bonds. The maximum absolute atomic E-state index is 13.0. The van der Waals surface area contributed by atoms with Gasteiger partial charge in [-0.1, -0.05) is 23.2 Å². The van der Waals surface area contributed by atoms with Gasteiger partial charge in [0.25, 0.3) is 11.8 Å². The molecular weight excluding hydrogens is 443 g/mol. The smallest absolute Gasteiger partial charge is 0.289 e. The Morgan fingerprint density at radius 2 is 1.81 bits per heavy atom. The molecule has 2 aromatic heterocycles. The van der Waals surface area contributed by atoms with Gasteiger partial charge in [-0.05, 0) is 19.2 Å². The summed E-state index contributed by atoms with van der Waals surface area (Å²) in [6.07, 6.45) is 2.76. The number of anilines is 1. The molecule has 0 unspecified atom stereocenters. The monoisotopic (exact) mass is 462 g/mol. The van der Waals surface area contributed by atoms with E-state index in [2.05, 4.69) is 15.2 Å². The second-order valence-corrected chi connectivity index (χ2v) is 8.01. The number of carbonyl (C=O) groups is 2. The van der Waals surface area contributed by atoms with Crippen molar-refractivity contribution in [1.82, 2.24) is 14.8 Å². The number of rotatable bonds is 4. The predicted octanol–water partition coefficient (Wildman–Crippen LogP) is 3.78. The van der Waals surface area contributed by atoms with Gasteiger partial charge in [0.1, 0.15) is 5.75 Å². The van der Waals surface area contributed by atoms with Crippen LogP contribution in [0, 0.1) is 0 Å². The number of amides is 2. The predicted molar refractivity (Wildman–Crippen MR) is 118 cm³/mol. The van der Waals surface area contributed by atoms with Crippen LogP contribution >= 0.6 is 23.2 Å². The van der Waals surface area contributed by atoms with E-state index in [1.165, 1.54) is 19.5 Å². The van der Waals surface area contributed by atoms with E-state index in [4.69, 9.17) is 32.4 Å². The Hall–Kier alpha value is -2.81. The van der Waals surface area contributed by atoms with Crippen molar-refractivity contribution in [3.8, 4) is 5.75 Å². The maximum atomic E-state index is 13.0. The van der Waals surface area contributed by atoms with E-state index < -0.39 is 5.91 Å². The van der Waals surface area contributed by atoms with E-state index in [0.717, 1.165) is 13.1 Å². The van der Waals surface area contributed by atoms with Gasteiger partial charge in [0.05, 0.1) is 33.8 Å². The number of carbonyl (C=O) groups excluding carboxylic acids is 2. The number of nitrogens with zero attached hydrogens (tertiary/aromatic N) is 3. The third-order valence-corrected chi connectivity index (χ3v) is 5.77. The molecule has 0 radical (unpaired) electrons. The normalized spacial score (nSPS) is 14.6. The van der Waals surface area contributed by atoms with E-state index in [0.29, 0.717) is 24.2 Å². The average molecular weight is 463 g/mol. The Morgan fingerprint density at radius 3 is 2.45 bits per heavy atom. The summed E-state index contributed by atoms with van der Waals surface area (Å²) in [6.45, 7) is 2.79. The van der Waals surface area contributed by atoms with Crippen LogP contribution in [0.3, 0.4) is 0 Å². The quantitative estimate of drug-likeness (QED) is 0.634.